The number of rotatable bonds is 6. The lowest BCUT2D eigenvalue weighted by atomic mass is 9.97. The summed E-state index contributed by atoms with van der Waals surface area (Å²) in [6.07, 6.45) is 5.03. The van der Waals surface area contributed by atoms with Crippen LogP contribution in [-0.2, 0) is 16.0 Å². The van der Waals surface area contributed by atoms with Crippen molar-refractivity contribution in [1.29, 1.82) is 0 Å². The van der Waals surface area contributed by atoms with Gasteiger partial charge in [0.2, 0.25) is 5.91 Å². The minimum Gasteiger partial charge on any atom is -0.481 e. The number of nitrogens with zero attached hydrogens (tertiary/aromatic N) is 1. The van der Waals surface area contributed by atoms with Crippen LogP contribution in [-0.4, -0.2) is 34.5 Å². The number of piperidine rings is 1. The van der Waals surface area contributed by atoms with Crippen molar-refractivity contribution in [3.63, 3.8) is 0 Å². The van der Waals surface area contributed by atoms with Crippen LogP contribution in [0.25, 0.3) is 0 Å². The molecule has 0 bridgehead atoms. The second-order valence-electron chi connectivity index (χ2n) is 6.16. The third-order valence-corrected chi connectivity index (χ3v) is 4.35. The van der Waals surface area contributed by atoms with E-state index in [1.54, 1.807) is 0 Å². The van der Waals surface area contributed by atoms with E-state index in [9.17, 15) is 9.59 Å². The number of aliphatic carboxylic acids is 1. The van der Waals surface area contributed by atoms with Gasteiger partial charge in [-0.1, -0.05) is 29.8 Å². The molecule has 1 saturated heterocycles. The summed E-state index contributed by atoms with van der Waals surface area (Å²) in [6.45, 7) is 2.83. The summed E-state index contributed by atoms with van der Waals surface area (Å²) in [5.74, 6) is -0.616. The highest BCUT2D eigenvalue weighted by molar-refractivity contribution is 5.77. The van der Waals surface area contributed by atoms with E-state index in [2.05, 4.69) is 25.1 Å². The number of benzene rings is 1. The molecule has 120 valence electrons. The fraction of sp³-hybridized carbons (Fsp3) is 0.556. The average molecular weight is 303 g/mol. The highest BCUT2D eigenvalue weighted by Crippen LogP contribution is 2.22. The smallest absolute Gasteiger partial charge is 0.303 e. The molecule has 0 spiro atoms. The van der Waals surface area contributed by atoms with Gasteiger partial charge in [-0.05, 0) is 44.6 Å². The molecule has 1 amide bonds. The Morgan fingerprint density at radius 3 is 2.82 bits per heavy atom. The third-order valence-electron chi connectivity index (χ3n) is 4.35. The molecule has 1 atom stereocenters. The summed E-state index contributed by atoms with van der Waals surface area (Å²) in [6, 6.07) is 8.35. The predicted molar refractivity (Wildman–Crippen MR) is 85.7 cm³/mol. The number of aryl methyl sites for hydroxylation is 2. The summed E-state index contributed by atoms with van der Waals surface area (Å²) >= 11 is 0. The lowest BCUT2D eigenvalue weighted by Gasteiger charge is -2.35. The van der Waals surface area contributed by atoms with Crippen LogP contribution >= 0.6 is 0 Å². The van der Waals surface area contributed by atoms with Crippen molar-refractivity contribution < 1.29 is 14.7 Å². The molecule has 0 aromatic heterocycles. The number of carboxylic acid groups (broad SMARTS) is 1. The van der Waals surface area contributed by atoms with Crippen LogP contribution in [0.2, 0.25) is 0 Å². The Hall–Kier alpha value is -1.84. The first-order chi connectivity index (χ1) is 10.6. The van der Waals surface area contributed by atoms with Gasteiger partial charge in [0.1, 0.15) is 0 Å². The van der Waals surface area contributed by atoms with Crippen molar-refractivity contribution >= 4 is 11.9 Å². The SMILES string of the molecule is Cc1cccc(CCC(=O)N2CCCC[C@H]2CCC(=O)O)c1. The van der Waals surface area contributed by atoms with Gasteiger partial charge in [-0.15, -0.1) is 0 Å². The molecular weight excluding hydrogens is 278 g/mol. The molecule has 0 aliphatic carbocycles. The van der Waals surface area contributed by atoms with Gasteiger partial charge in [-0.3, -0.25) is 9.59 Å². The zero-order chi connectivity index (χ0) is 15.9. The summed E-state index contributed by atoms with van der Waals surface area (Å²) in [4.78, 5) is 25.2. The van der Waals surface area contributed by atoms with Crippen LogP contribution in [0.1, 0.15) is 49.7 Å². The van der Waals surface area contributed by atoms with Crippen LogP contribution < -0.4 is 0 Å². The molecule has 1 fully saturated rings. The number of carbonyl (C=O) groups excluding carboxylic acids is 1. The zero-order valence-electron chi connectivity index (χ0n) is 13.3. The first kappa shape index (κ1) is 16.5. The summed E-state index contributed by atoms with van der Waals surface area (Å²) < 4.78 is 0. The van der Waals surface area contributed by atoms with Gasteiger partial charge in [-0.25, -0.2) is 0 Å². The highest BCUT2D eigenvalue weighted by Gasteiger charge is 2.26. The second kappa shape index (κ2) is 7.97. The van der Waals surface area contributed by atoms with Crippen molar-refractivity contribution in [3.05, 3.63) is 35.4 Å². The minimum atomic E-state index is -0.780. The molecule has 4 nitrogen and oxygen atoms in total. The number of hydrogen-bond acceptors (Lipinski definition) is 2. The molecular formula is C18H25NO3. The Bertz CT molecular complexity index is 527. The molecule has 0 radical (unpaired) electrons. The molecule has 0 unspecified atom stereocenters. The number of carboxylic acids is 1. The van der Waals surface area contributed by atoms with E-state index < -0.39 is 5.97 Å². The maximum atomic E-state index is 12.5. The maximum Gasteiger partial charge on any atom is 0.303 e. The fourth-order valence-electron chi connectivity index (χ4n) is 3.18. The third kappa shape index (κ3) is 4.86. The lowest BCUT2D eigenvalue weighted by molar-refractivity contribution is -0.140. The van der Waals surface area contributed by atoms with Crippen molar-refractivity contribution in [2.24, 2.45) is 0 Å². The number of amides is 1. The van der Waals surface area contributed by atoms with E-state index in [-0.39, 0.29) is 18.4 Å². The molecule has 0 saturated carbocycles. The molecule has 22 heavy (non-hydrogen) atoms. The minimum absolute atomic E-state index is 0.106. The van der Waals surface area contributed by atoms with E-state index in [4.69, 9.17) is 5.11 Å². The first-order valence-corrected chi connectivity index (χ1v) is 8.13. The summed E-state index contributed by atoms with van der Waals surface area (Å²) in [7, 11) is 0. The molecule has 4 heteroatoms. The lowest BCUT2D eigenvalue weighted by Crippen LogP contribution is -2.44. The van der Waals surface area contributed by atoms with Crippen LogP contribution in [0.3, 0.4) is 0 Å². The van der Waals surface area contributed by atoms with Crippen LogP contribution in [0.4, 0.5) is 0 Å². The van der Waals surface area contributed by atoms with Crippen LogP contribution in [0.5, 0.6) is 0 Å². The molecule has 1 heterocycles. The Labute approximate surface area is 132 Å². The molecule has 1 aromatic carbocycles. The van der Waals surface area contributed by atoms with Crippen LogP contribution in [0.15, 0.2) is 24.3 Å². The van der Waals surface area contributed by atoms with Crippen molar-refractivity contribution in [3.8, 4) is 0 Å². The van der Waals surface area contributed by atoms with Gasteiger partial charge in [0, 0.05) is 25.4 Å². The fourth-order valence-corrected chi connectivity index (χ4v) is 3.18. The maximum absolute atomic E-state index is 12.5. The van der Waals surface area contributed by atoms with Gasteiger partial charge in [-0.2, -0.15) is 0 Å². The standard InChI is InChI=1S/C18H25NO3/c1-14-5-4-6-15(13-14)8-10-17(20)19-12-3-2-7-16(19)9-11-18(21)22/h4-6,13,16H,2-3,7-12H2,1H3,(H,21,22)/t16-/m0/s1. The van der Waals surface area contributed by atoms with Crippen LogP contribution in [0, 0.1) is 6.92 Å². The molecule has 1 aromatic rings. The zero-order valence-corrected chi connectivity index (χ0v) is 13.3. The van der Waals surface area contributed by atoms with E-state index in [0.717, 1.165) is 32.2 Å². The van der Waals surface area contributed by atoms with Crippen molar-refractivity contribution in [1.82, 2.24) is 4.90 Å². The van der Waals surface area contributed by atoms with Crippen molar-refractivity contribution in [2.45, 2.75) is 57.9 Å². The molecule has 2 rings (SSSR count). The first-order valence-electron chi connectivity index (χ1n) is 8.13. The topological polar surface area (TPSA) is 57.6 Å². The highest BCUT2D eigenvalue weighted by atomic mass is 16.4. The number of likely N-dealkylation sites (tertiary alicyclic amines) is 1. The molecule has 1 N–H and O–H groups in total. The number of hydrogen-bond donors (Lipinski definition) is 1. The van der Waals surface area contributed by atoms with Crippen molar-refractivity contribution in [2.75, 3.05) is 6.54 Å². The monoisotopic (exact) mass is 303 g/mol. The molecule has 1 aliphatic heterocycles. The van der Waals surface area contributed by atoms with E-state index in [0.29, 0.717) is 12.8 Å². The summed E-state index contributed by atoms with van der Waals surface area (Å²) in [5.41, 5.74) is 2.40. The second-order valence-corrected chi connectivity index (χ2v) is 6.16. The summed E-state index contributed by atoms with van der Waals surface area (Å²) in [5, 5.41) is 8.84. The largest absolute Gasteiger partial charge is 0.481 e. The van der Waals surface area contributed by atoms with Gasteiger partial charge in [0.05, 0.1) is 0 Å². The Balaban J connectivity index is 1.89. The number of carbonyl (C=O) groups is 2. The van der Waals surface area contributed by atoms with Gasteiger partial charge in [0.15, 0.2) is 0 Å². The van der Waals surface area contributed by atoms with Gasteiger partial charge in [0.25, 0.3) is 0 Å². The van der Waals surface area contributed by atoms with E-state index >= 15 is 0 Å². The van der Waals surface area contributed by atoms with E-state index in [1.807, 2.05) is 11.0 Å². The normalized spacial score (nSPS) is 18.2. The molecule has 1 aliphatic rings. The van der Waals surface area contributed by atoms with Gasteiger partial charge >= 0.3 is 5.97 Å². The van der Waals surface area contributed by atoms with Gasteiger partial charge < -0.3 is 10.0 Å². The van der Waals surface area contributed by atoms with E-state index in [1.165, 1.54) is 11.1 Å². The Kier molecular flexibility index (Phi) is 5.99. The predicted octanol–water partition coefficient (Wildman–Crippen LogP) is 3.17. The Morgan fingerprint density at radius 1 is 1.27 bits per heavy atom. The average Bonchev–Trinajstić information content (AvgIpc) is 2.51. The quantitative estimate of drug-likeness (QED) is 0.878. The Morgan fingerprint density at radius 2 is 2.09 bits per heavy atom.